The van der Waals surface area contributed by atoms with E-state index in [0.29, 0.717) is 6.04 Å². The van der Waals surface area contributed by atoms with E-state index < -0.39 is 0 Å². The Hall–Kier alpha value is -0.0500. The van der Waals surface area contributed by atoms with Gasteiger partial charge in [-0.25, -0.2) is 0 Å². The molecule has 1 aromatic rings. The summed E-state index contributed by atoms with van der Waals surface area (Å²) in [6, 6.07) is 6.63. The largest absolute Gasteiger partial charge is 0.310 e. The predicted octanol–water partition coefficient (Wildman–Crippen LogP) is 4.31. The van der Waals surface area contributed by atoms with E-state index in [9.17, 15) is 0 Å². The molecule has 1 heterocycles. The van der Waals surface area contributed by atoms with Gasteiger partial charge in [0.15, 0.2) is 0 Å². The van der Waals surface area contributed by atoms with Crippen molar-refractivity contribution in [1.82, 2.24) is 5.32 Å². The first-order chi connectivity index (χ1) is 7.25. The number of halogens is 2. The fourth-order valence-electron chi connectivity index (χ4n) is 2.09. The van der Waals surface area contributed by atoms with E-state index in [1.807, 2.05) is 6.07 Å². The summed E-state index contributed by atoms with van der Waals surface area (Å²) >= 11 is 9.54. The van der Waals surface area contributed by atoms with Gasteiger partial charge in [-0.05, 0) is 43.1 Å². The molecule has 1 aliphatic rings. The minimum Gasteiger partial charge on any atom is -0.310 e. The molecule has 1 atom stereocenters. The van der Waals surface area contributed by atoms with Crippen LogP contribution in [0.4, 0.5) is 0 Å². The molecule has 1 fully saturated rings. The molecule has 0 aliphatic carbocycles. The van der Waals surface area contributed by atoms with Crippen LogP contribution in [-0.2, 0) is 0 Å². The van der Waals surface area contributed by atoms with Crippen LogP contribution in [0.1, 0.15) is 37.3 Å². The Labute approximate surface area is 104 Å². The van der Waals surface area contributed by atoms with Crippen LogP contribution in [-0.4, -0.2) is 6.54 Å². The maximum Gasteiger partial charge on any atom is 0.0420 e. The Morgan fingerprint density at radius 1 is 1.20 bits per heavy atom. The van der Waals surface area contributed by atoms with Crippen LogP contribution in [0.5, 0.6) is 0 Å². The Morgan fingerprint density at radius 3 is 2.87 bits per heavy atom. The second-order valence-corrected chi connectivity index (χ2v) is 5.41. The predicted molar refractivity (Wildman–Crippen MR) is 68.4 cm³/mol. The zero-order valence-electron chi connectivity index (χ0n) is 8.60. The first-order valence-electron chi connectivity index (χ1n) is 5.45. The second kappa shape index (κ2) is 5.33. The van der Waals surface area contributed by atoms with Crippen LogP contribution in [0.25, 0.3) is 0 Å². The molecule has 2 rings (SSSR count). The number of benzene rings is 1. The lowest BCUT2D eigenvalue weighted by atomic mass is 10.0. The van der Waals surface area contributed by atoms with Crippen molar-refractivity contribution in [1.29, 1.82) is 0 Å². The van der Waals surface area contributed by atoms with E-state index in [4.69, 9.17) is 11.6 Å². The number of hydrogen-bond donors (Lipinski definition) is 1. The van der Waals surface area contributed by atoms with Gasteiger partial charge in [-0.1, -0.05) is 40.4 Å². The Morgan fingerprint density at radius 2 is 2.07 bits per heavy atom. The summed E-state index contributed by atoms with van der Waals surface area (Å²) in [6.07, 6.45) is 5.15. The Bertz CT molecular complexity index is 312. The summed E-state index contributed by atoms with van der Waals surface area (Å²) in [4.78, 5) is 0. The standard InChI is InChI=1S/C12H15BrClN/c13-10-6-9(7-11(14)8-10)12-4-2-1-3-5-15-12/h6-8,12,15H,1-5H2. The summed E-state index contributed by atoms with van der Waals surface area (Å²) in [5.41, 5.74) is 1.30. The minimum atomic E-state index is 0.475. The summed E-state index contributed by atoms with van der Waals surface area (Å²) in [7, 11) is 0. The minimum absolute atomic E-state index is 0.475. The van der Waals surface area contributed by atoms with Crippen LogP contribution < -0.4 is 5.32 Å². The fraction of sp³-hybridized carbons (Fsp3) is 0.500. The molecule has 0 aromatic heterocycles. The first kappa shape index (κ1) is 11.4. The van der Waals surface area contributed by atoms with Gasteiger partial charge in [0.25, 0.3) is 0 Å². The maximum absolute atomic E-state index is 6.05. The summed E-state index contributed by atoms with van der Waals surface area (Å²) in [6.45, 7) is 1.12. The van der Waals surface area contributed by atoms with Crippen molar-refractivity contribution in [3.05, 3.63) is 33.3 Å². The van der Waals surface area contributed by atoms with E-state index in [1.165, 1.54) is 31.2 Å². The van der Waals surface area contributed by atoms with Crippen LogP contribution in [0.15, 0.2) is 22.7 Å². The highest BCUT2D eigenvalue weighted by Crippen LogP contribution is 2.28. The first-order valence-corrected chi connectivity index (χ1v) is 6.62. The van der Waals surface area contributed by atoms with E-state index in [-0.39, 0.29) is 0 Å². The van der Waals surface area contributed by atoms with Gasteiger partial charge in [0.2, 0.25) is 0 Å². The smallest absolute Gasteiger partial charge is 0.0420 e. The second-order valence-electron chi connectivity index (χ2n) is 4.06. The van der Waals surface area contributed by atoms with Crippen molar-refractivity contribution in [3.8, 4) is 0 Å². The average molecular weight is 289 g/mol. The van der Waals surface area contributed by atoms with Crippen molar-refractivity contribution in [3.63, 3.8) is 0 Å². The van der Waals surface area contributed by atoms with Gasteiger partial charge in [0, 0.05) is 15.5 Å². The van der Waals surface area contributed by atoms with Gasteiger partial charge in [-0.15, -0.1) is 0 Å². The normalized spacial score (nSPS) is 22.4. The summed E-state index contributed by atoms with van der Waals surface area (Å²) in [5, 5.41) is 4.38. The Balaban J connectivity index is 2.19. The van der Waals surface area contributed by atoms with Crippen molar-refractivity contribution < 1.29 is 0 Å². The molecule has 1 unspecified atom stereocenters. The van der Waals surface area contributed by atoms with Crippen molar-refractivity contribution >= 4 is 27.5 Å². The molecule has 1 aliphatic heterocycles. The molecule has 0 radical (unpaired) electrons. The highest BCUT2D eigenvalue weighted by molar-refractivity contribution is 9.10. The molecule has 82 valence electrons. The fourth-order valence-corrected chi connectivity index (χ4v) is 2.98. The third-order valence-corrected chi connectivity index (χ3v) is 3.52. The molecule has 3 heteroatoms. The molecular formula is C12H15BrClN. The lowest BCUT2D eigenvalue weighted by molar-refractivity contribution is 0.534. The van der Waals surface area contributed by atoms with E-state index in [0.717, 1.165) is 16.0 Å². The zero-order chi connectivity index (χ0) is 10.7. The van der Waals surface area contributed by atoms with Gasteiger partial charge in [0.1, 0.15) is 0 Å². The van der Waals surface area contributed by atoms with Gasteiger partial charge < -0.3 is 5.32 Å². The van der Waals surface area contributed by atoms with Gasteiger partial charge >= 0.3 is 0 Å². The molecule has 1 aromatic carbocycles. The third-order valence-electron chi connectivity index (χ3n) is 2.85. The van der Waals surface area contributed by atoms with Gasteiger partial charge in [-0.2, -0.15) is 0 Å². The van der Waals surface area contributed by atoms with Gasteiger partial charge in [-0.3, -0.25) is 0 Å². The maximum atomic E-state index is 6.05. The molecule has 0 spiro atoms. The SMILES string of the molecule is Clc1cc(Br)cc(C2CCCCCN2)c1. The van der Waals surface area contributed by atoms with E-state index >= 15 is 0 Å². The van der Waals surface area contributed by atoms with Crippen LogP contribution in [0.2, 0.25) is 5.02 Å². The molecule has 15 heavy (non-hydrogen) atoms. The molecule has 0 bridgehead atoms. The molecule has 0 amide bonds. The third kappa shape index (κ3) is 3.20. The number of nitrogens with one attached hydrogen (secondary N) is 1. The highest BCUT2D eigenvalue weighted by atomic mass is 79.9. The van der Waals surface area contributed by atoms with E-state index in [2.05, 4.69) is 33.4 Å². The highest BCUT2D eigenvalue weighted by Gasteiger charge is 2.14. The Kier molecular flexibility index (Phi) is 4.06. The monoisotopic (exact) mass is 287 g/mol. The molecule has 0 saturated carbocycles. The lowest BCUT2D eigenvalue weighted by Crippen LogP contribution is -2.20. The molecule has 1 nitrogen and oxygen atoms in total. The molecule has 1 N–H and O–H groups in total. The summed E-state index contributed by atoms with van der Waals surface area (Å²) < 4.78 is 1.07. The van der Waals surface area contributed by atoms with E-state index in [1.54, 1.807) is 0 Å². The lowest BCUT2D eigenvalue weighted by Gasteiger charge is -2.16. The zero-order valence-corrected chi connectivity index (χ0v) is 10.9. The molecule has 1 saturated heterocycles. The molecular weight excluding hydrogens is 273 g/mol. The van der Waals surface area contributed by atoms with Crippen LogP contribution in [0, 0.1) is 0 Å². The van der Waals surface area contributed by atoms with Crippen molar-refractivity contribution in [2.75, 3.05) is 6.54 Å². The van der Waals surface area contributed by atoms with Crippen LogP contribution >= 0.6 is 27.5 Å². The topological polar surface area (TPSA) is 12.0 Å². The average Bonchev–Trinajstić information content (AvgIpc) is 2.43. The van der Waals surface area contributed by atoms with Gasteiger partial charge in [0.05, 0.1) is 0 Å². The number of hydrogen-bond acceptors (Lipinski definition) is 1. The van der Waals surface area contributed by atoms with Crippen LogP contribution in [0.3, 0.4) is 0 Å². The number of rotatable bonds is 1. The summed E-state index contributed by atoms with van der Waals surface area (Å²) in [5.74, 6) is 0. The quantitative estimate of drug-likeness (QED) is 0.812. The van der Waals surface area contributed by atoms with Crippen molar-refractivity contribution in [2.24, 2.45) is 0 Å². The van der Waals surface area contributed by atoms with Crippen molar-refractivity contribution in [2.45, 2.75) is 31.7 Å².